The van der Waals surface area contributed by atoms with E-state index in [2.05, 4.69) is 27.9 Å². The first-order valence-corrected chi connectivity index (χ1v) is 5.36. The minimum Gasteiger partial charge on any atom is -0.357 e. The quantitative estimate of drug-likeness (QED) is 0.569. The molecule has 1 aromatic rings. The lowest BCUT2D eigenvalue weighted by Crippen LogP contribution is -2.37. The number of aryl methyl sites for hydroxylation is 1. The summed E-state index contributed by atoms with van der Waals surface area (Å²) in [5.74, 6) is 0.904. The van der Waals surface area contributed by atoms with Crippen LogP contribution in [0.3, 0.4) is 0 Å². The van der Waals surface area contributed by atoms with Crippen LogP contribution in [0.4, 0.5) is 0 Å². The summed E-state index contributed by atoms with van der Waals surface area (Å²) in [4.78, 5) is 4.18. The van der Waals surface area contributed by atoms with Crippen molar-refractivity contribution in [2.75, 3.05) is 7.05 Å². The van der Waals surface area contributed by atoms with Crippen LogP contribution in [0.1, 0.15) is 18.4 Å². The van der Waals surface area contributed by atoms with E-state index in [1.165, 1.54) is 18.4 Å². The third-order valence-electron chi connectivity index (χ3n) is 2.49. The third kappa shape index (κ3) is 3.01. The lowest BCUT2D eigenvalue weighted by atomic mass is 10.3. The van der Waals surface area contributed by atoms with Gasteiger partial charge in [-0.3, -0.25) is 4.99 Å². The van der Waals surface area contributed by atoms with Crippen molar-refractivity contribution in [3.8, 4) is 0 Å². The Balaban J connectivity index is 1.80. The molecule has 1 aliphatic carbocycles. The fourth-order valence-corrected chi connectivity index (χ4v) is 1.47. The molecule has 0 radical (unpaired) electrons. The van der Waals surface area contributed by atoms with E-state index in [4.69, 9.17) is 0 Å². The SMILES string of the molecule is CN=C(NCc1ccn(C)c1)NC1CC1. The van der Waals surface area contributed by atoms with Crippen LogP contribution >= 0.6 is 0 Å². The smallest absolute Gasteiger partial charge is 0.191 e. The van der Waals surface area contributed by atoms with Gasteiger partial charge in [0.15, 0.2) is 5.96 Å². The molecule has 2 rings (SSSR count). The molecule has 0 amide bonds. The lowest BCUT2D eigenvalue weighted by molar-refractivity contribution is 0.802. The van der Waals surface area contributed by atoms with Crippen LogP contribution in [0.15, 0.2) is 23.5 Å². The van der Waals surface area contributed by atoms with Crippen LogP contribution < -0.4 is 10.6 Å². The fourth-order valence-electron chi connectivity index (χ4n) is 1.47. The number of aromatic nitrogens is 1. The summed E-state index contributed by atoms with van der Waals surface area (Å²) >= 11 is 0. The second kappa shape index (κ2) is 4.38. The minimum absolute atomic E-state index is 0.645. The summed E-state index contributed by atoms with van der Waals surface area (Å²) in [7, 11) is 3.84. The predicted molar refractivity (Wildman–Crippen MR) is 61.8 cm³/mol. The van der Waals surface area contributed by atoms with E-state index in [1.54, 1.807) is 0 Å². The Kier molecular flexibility index (Phi) is 2.94. The highest BCUT2D eigenvalue weighted by Gasteiger charge is 2.21. The normalized spacial score (nSPS) is 16.5. The predicted octanol–water partition coefficient (Wildman–Crippen LogP) is 0.852. The molecule has 0 bridgehead atoms. The van der Waals surface area contributed by atoms with Crippen molar-refractivity contribution in [2.45, 2.75) is 25.4 Å². The molecule has 1 aromatic heterocycles. The van der Waals surface area contributed by atoms with E-state index >= 15 is 0 Å². The van der Waals surface area contributed by atoms with Crippen LogP contribution in [-0.4, -0.2) is 23.6 Å². The molecule has 0 unspecified atom stereocenters. The highest BCUT2D eigenvalue weighted by molar-refractivity contribution is 5.80. The van der Waals surface area contributed by atoms with Gasteiger partial charge < -0.3 is 15.2 Å². The zero-order valence-electron chi connectivity index (χ0n) is 9.33. The number of aliphatic imine (C=N–C) groups is 1. The summed E-state index contributed by atoms with van der Waals surface area (Å²) < 4.78 is 2.05. The number of rotatable bonds is 3. The van der Waals surface area contributed by atoms with E-state index in [0.29, 0.717) is 6.04 Å². The molecule has 1 fully saturated rings. The Hall–Kier alpha value is -1.45. The van der Waals surface area contributed by atoms with Gasteiger partial charge in [0, 0.05) is 39.1 Å². The van der Waals surface area contributed by atoms with Gasteiger partial charge in [-0.05, 0) is 24.5 Å². The second-order valence-electron chi connectivity index (χ2n) is 4.03. The maximum Gasteiger partial charge on any atom is 0.191 e. The summed E-state index contributed by atoms with van der Waals surface area (Å²) in [6.45, 7) is 0.827. The molecule has 82 valence electrons. The van der Waals surface area contributed by atoms with Crippen molar-refractivity contribution in [3.05, 3.63) is 24.0 Å². The summed E-state index contributed by atoms with van der Waals surface area (Å²) in [5.41, 5.74) is 1.27. The van der Waals surface area contributed by atoms with Crippen molar-refractivity contribution in [1.82, 2.24) is 15.2 Å². The molecule has 0 atom stereocenters. The van der Waals surface area contributed by atoms with E-state index < -0.39 is 0 Å². The van der Waals surface area contributed by atoms with Gasteiger partial charge in [-0.15, -0.1) is 0 Å². The molecule has 0 spiro atoms. The zero-order valence-corrected chi connectivity index (χ0v) is 9.33. The van der Waals surface area contributed by atoms with Crippen LogP contribution in [0.5, 0.6) is 0 Å². The average molecular weight is 206 g/mol. The first kappa shape index (κ1) is 10.1. The lowest BCUT2D eigenvalue weighted by Gasteiger charge is -2.09. The summed E-state index contributed by atoms with van der Waals surface area (Å²) in [6, 6.07) is 2.75. The van der Waals surface area contributed by atoms with Gasteiger partial charge in [0.2, 0.25) is 0 Å². The molecule has 2 N–H and O–H groups in total. The van der Waals surface area contributed by atoms with Gasteiger partial charge in [-0.1, -0.05) is 0 Å². The van der Waals surface area contributed by atoms with Gasteiger partial charge in [0.1, 0.15) is 0 Å². The largest absolute Gasteiger partial charge is 0.357 e. The first-order chi connectivity index (χ1) is 7.28. The van der Waals surface area contributed by atoms with Gasteiger partial charge in [-0.25, -0.2) is 0 Å². The minimum atomic E-state index is 0.645. The highest BCUT2D eigenvalue weighted by Crippen LogP contribution is 2.18. The van der Waals surface area contributed by atoms with Crippen LogP contribution in [0, 0.1) is 0 Å². The number of hydrogen-bond donors (Lipinski definition) is 2. The molecule has 0 saturated heterocycles. The molecule has 4 nitrogen and oxygen atoms in total. The molecule has 4 heteroatoms. The average Bonchev–Trinajstić information content (AvgIpc) is 2.95. The maximum absolute atomic E-state index is 4.18. The van der Waals surface area contributed by atoms with Gasteiger partial charge in [-0.2, -0.15) is 0 Å². The summed E-state index contributed by atoms with van der Waals surface area (Å²) in [6.07, 6.45) is 6.70. The van der Waals surface area contributed by atoms with Crippen LogP contribution in [0.2, 0.25) is 0 Å². The van der Waals surface area contributed by atoms with Gasteiger partial charge in [0.25, 0.3) is 0 Å². The monoisotopic (exact) mass is 206 g/mol. The highest BCUT2D eigenvalue weighted by atomic mass is 15.2. The van der Waals surface area contributed by atoms with Gasteiger partial charge >= 0.3 is 0 Å². The summed E-state index contributed by atoms with van der Waals surface area (Å²) in [5, 5.41) is 6.65. The van der Waals surface area contributed by atoms with Crippen molar-refractivity contribution >= 4 is 5.96 Å². The zero-order chi connectivity index (χ0) is 10.7. The molecule has 1 saturated carbocycles. The molecule has 0 aromatic carbocycles. The van der Waals surface area contributed by atoms with Gasteiger partial charge in [0.05, 0.1) is 0 Å². The number of nitrogens with one attached hydrogen (secondary N) is 2. The standard InChI is InChI=1S/C11H18N4/c1-12-11(14-10-3-4-10)13-7-9-5-6-15(2)8-9/h5-6,8,10H,3-4,7H2,1-2H3,(H2,12,13,14). The van der Waals surface area contributed by atoms with Crippen molar-refractivity contribution in [2.24, 2.45) is 12.0 Å². The van der Waals surface area contributed by atoms with Crippen LogP contribution in [-0.2, 0) is 13.6 Å². The Morgan fingerprint density at radius 3 is 2.93 bits per heavy atom. The molecule has 0 aliphatic heterocycles. The van der Waals surface area contributed by atoms with Crippen molar-refractivity contribution in [3.63, 3.8) is 0 Å². The van der Waals surface area contributed by atoms with Crippen LogP contribution in [0.25, 0.3) is 0 Å². The Labute approximate surface area is 90.4 Å². The fraction of sp³-hybridized carbons (Fsp3) is 0.545. The van der Waals surface area contributed by atoms with E-state index in [9.17, 15) is 0 Å². The molecule has 15 heavy (non-hydrogen) atoms. The topological polar surface area (TPSA) is 41.4 Å². The van der Waals surface area contributed by atoms with Crippen molar-refractivity contribution < 1.29 is 0 Å². The third-order valence-corrected chi connectivity index (χ3v) is 2.49. The molecule has 1 heterocycles. The van der Waals surface area contributed by atoms with E-state index in [0.717, 1.165) is 12.5 Å². The second-order valence-corrected chi connectivity index (χ2v) is 4.03. The first-order valence-electron chi connectivity index (χ1n) is 5.36. The van der Waals surface area contributed by atoms with E-state index in [-0.39, 0.29) is 0 Å². The van der Waals surface area contributed by atoms with E-state index in [1.807, 2.05) is 24.9 Å². The Morgan fingerprint density at radius 1 is 1.60 bits per heavy atom. The number of hydrogen-bond acceptors (Lipinski definition) is 1. The molecular formula is C11H18N4. The molecular weight excluding hydrogens is 188 g/mol. The molecule has 1 aliphatic rings. The number of nitrogens with zero attached hydrogens (tertiary/aromatic N) is 2. The number of guanidine groups is 1. The van der Waals surface area contributed by atoms with Crippen molar-refractivity contribution in [1.29, 1.82) is 0 Å². The Bertz CT molecular complexity index is 349. The maximum atomic E-state index is 4.18. The Morgan fingerprint density at radius 2 is 2.40 bits per heavy atom.